The molecule has 0 radical (unpaired) electrons. The average molecular weight is 291 g/mol. The van der Waals surface area contributed by atoms with Gasteiger partial charge in [0.1, 0.15) is 0 Å². The van der Waals surface area contributed by atoms with Gasteiger partial charge >= 0.3 is 6.03 Å². The Hall–Kier alpha value is -1.78. The summed E-state index contributed by atoms with van der Waals surface area (Å²) in [6, 6.07) is 2.09. The molecular formula is C16H25N3O2. The fraction of sp³-hybridized carbons (Fsp3) is 0.625. The van der Waals surface area contributed by atoms with Crippen molar-refractivity contribution >= 4 is 6.03 Å². The van der Waals surface area contributed by atoms with Gasteiger partial charge in [0, 0.05) is 12.6 Å². The monoisotopic (exact) mass is 291 g/mol. The van der Waals surface area contributed by atoms with E-state index in [1.807, 2.05) is 11.0 Å². The lowest BCUT2D eigenvalue weighted by Gasteiger charge is -2.24. The first-order valence-electron chi connectivity index (χ1n) is 7.78. The van der Waals surface area contributed by atoms with Crippen molar-refractivity contribution in [3.05, 3.63) is 29.7 Å². The van der Waals surface area contributed by atoms with E-state index in [0.29, 0.717) is 24.8 Å². The van der Waals surface area contributed by atoms with Crippen molar-refractivity contribution in [2.24, 2.45) is 0 Å². The van der Waals surface area contributed by atoms with Gasteiger partial charge in [0.2, 0.25) is 0 Å². The van der Waals surface area contributed by atoms with Gasteiger partial charge in [-0.15, -0.1) is 0 Å². The van der Waals surface area contributed by atoms with Gasteiger partial charge in [-0.25, -0.2) is 4.79 Å². The number of hydrogen-bond acceptors (Lipinski definition) is 3. The molecule has 1 aliphatic rings. The second kappa shape index (κ2) is 7.29. The molecule has 0 fully saturated rings. The summed E-state index contributed by atoms with van der Waals surface area (Å²) in [5, 5.41) is 6.91. The summed E-state index contributed by atoms with van der Waals surface area (Å²) < 4.78 is 5.23. The van der Waals surface area contributed by atoms with E-state index in [2.05, 4.69) is 43.4 Å². The van der Waals surface area contributed by atoms with Crippen molar-refractivity contribution in [3.63, 3.8) is 0 Å². The van der Waals surface area contributed by atoms with E-state index in [1.54, 1.807) is 0 Å². The number of nitrogens with one attached hydrogen (secondary N) is 1. The summed E-state index contributed by atoms with van der Waals surface area (Å²) >= 11 is 0. The summed E-state index contributed by atoms with van der Waals surface area (Å²) in [7, 11) is 0. The highest BCUT2D eigenvalue weighted by atomic mass is 16.5. The molecular weight excluding hydrogens is 266 g/mol. The summed E-state index contributed by atoms with van der Waals surface area (Å²) in [4.78, 5) is 14.1. The first-order chi connectivity index (χ1) is 10.1. The fourth-order valence-electron chi connectivity index (χ4n) is 2.42. The van der Waals surface area contributed by atoms with E-state index in [4.69, 9.17) is 4.52 Å². The van der Waals surface area contributed by atoms with Crippen LogP contribution in [0.25, 0.3) is 0 Å². The number of urea groups is 1. The quantitative estimate of drug-likeness (QED) is 0.817. The molecule has 0 saturated carbocycles. The van der Waals surface area contributed by atoms with E-state index in [1.165, 1.54) is 0 Å². The zero-order valence-corrected chi connectivity index (χ0v) is 13.1. The Labute approximate surface area is 126 Å². The van der Waals surface area contributed by atoms with Crippen LogP contribution in [-0.2, 0) is 6.54 Å². The maximum atomic E-state index is 12.2. The minimum atomic E-state index is -0.0383. The molecule has 0 aromatic carbocycles. The zero-order chi connectivity index (χ0) is 15.2. The molecule has 2 rings (SSSR count). The van der Waals surface area contributed by atoms with Crippen molar-refractivity contribution in [1.82, 2.24) is 15.4 Å². The molecule has 0 spiro atoms. The van der Waals surface area contributed by atoms with Crippen molar-refractivity contribution in [3.8, 4) is 0 Å². The topological polar surface area (TPSA) is 58.4 Å². The van der Waals surface area contributed by atoms with E-state index in [0.717, 1.165) is 25.0 Å². The number of carbonyl (C=O) groups excluding carboxylic acids is 1. The van der Waals surface area contributed by atoms with Crippen LogP contribution in [-0.4, -0.2) is 28.7 Å². The standard InChI is InChI=1S/C16H25N3O2/c1-4-5-7-13-8-6-9-19(13)16(20)17-11-14-10-15(12(2)3)18-21-14/h6,8,10,12-13H,4-5,7,9,11H2,1-3H3,(H,17,20). The second-order valence-corrected chi connectivity index (χ2v) is 5.82. The number of amides is 2. The molecule has 0 bridgehead atoms. The number of rotatable bonds is 6. The van der Waals surface area contributed by atoms with E-state index in [-0.39, 0.29) is 12.1 Å². The van der Waals surface area contributed by atoms with Crippen LogP contribution in [0.1, 0.15) is 57.4 Å². The van der Waals surface area contributed by atoms with Gasteiger partial charge in [-0.3, -0.25) is 0 Å². The molecule has 2 heterocycles. The predicted molar refractivity (Wildman–Crippen MR) is 82.0 cm³/mol. The molecule has 5 heteroatoms. The van der Waals surface area contributed by atoms with Crippen molar-refractivity contribution < 1.29 is 9.32 Å². The van der Waals surface area contributed by atoms with Gasteiger partial charge < -0.3 is 14.7 Å². The Bertz CT molecular complexity index is 493. The normalized spacial score (nSPS) is 17.7. The largest absolute Gasteiger partial charge is 0.359 e. The molecule has 1 unspecified atom stereocenters. The van der Waals surface area contributed by atoms with Crippen molar-refractivity contribution in [2.45, 2.75) is 58.5 Å². The maximum Gasteiger partial charge on any atom is 0.318 e. The third kappa shape index (κ3) is 4.09. The number of hydrogen-bond donors (Lipinski definition) is 1. The SMILES string of the molecule is CCCCC1C=CCN1C(=O)NCc1cc(C(C)C)no1. The third-order valence-electron chi connectivity index (χ3n) is 3.76. The molecule has 1 aromatic heterocycles. The minimum absolute atomic E-state index is 0.0383. The summed E-state index contributed by atoms with van der Waals surface area (Å²) in [5.74, 6) is 1.03. The zero-order valence-electron chi connectivity index (χ0n) is 13.1. The lowest BCUT2D eigenvalue weighted by atomic mass is 10.1. The summed E-state index contributed by atoms with van der Waals surface area (Å²) in [5.41, 5.74) is 0.919. The van der Waals surface area contributed by atoms with Crippen LogP contribution < -0.4 is 5.32 Å². The van der Waals surface area contributed by atoms with Crippen LogP contribution in [0.2, 0.25) is 0 Å². The Kier molecular flexibility index (Phi) is 5.42. The van der Waals surface area contributed by atoms with Gasteiger partial charge in [0.15, 0.2) is 5.76 Å². The lowest BCUT2D eigenvalue weighted by Crippen LogP contribution is -2.42. The molecule has 116 valence electrons. The molecule has 1 N–H and O–H groups in total. The van der Waals surface area contributed by atoms with Gasteiger partial charge in [0.05, 0.1) is 18.3 Å². The molecule has 2 amide bonds. The third-order valence-corrected chi connectivity index (χ3v) is 3.76. The average Bonchev–Trinajstić information content (AvgIpc) is 3.11. The first kappa shape index (κ1) is 15.6. The Morgan fingerprint density at radius 3 is 3.05 bits per heavy atom. The van der Waals surface area contributed by atoms with Gasteiger partial charge in [-0.1, -0.05) is 50.9 Å². The van der Waals surface area contributed by atoms with E-state index >= 15 is 0 Å². The van der Waals surface area contributed by atoms with E-state index in [9.17, 15) is 4.79 Å². The van der Waals surface area contributed by atoms with Gasteiger partial charge in [-0.2, -0.15) is 0 Å². The summed E-state index contributed by atoms with van der Waals surface area (Å²) in [6.45, 7) is 7.37. The van der Waals surface area contributed by atoms with Gasteiger partial charge in [-0.05, 0) is 12.3 Å². The molecule has 1 aromatic rings. The fourth-order valence-corrected chi connectivity index (χ4v) is 2.42. The van der Waals surface area contributed by atoms with Crippen LogP contribution >= 0.6 is 0 Å². The molecule has 21 heavy (non-hydrogen) atoms. The van der Waals surface area contributed by atoms with Crippen LogP contribution in [0, 0.1) is 0 Å². The second-order valence-electron chi connectivity index (χ2n) is 5.82. The first-order valence-corrected chi connectivity index (χ1v) is 7.78. The number of unbranched alkanes of at least 4 members (excludes halogenated alkanes) is 1. The van der Waals surface area contributed by atoms with Crippen molar-refractivity contribution in [1.29, 1.82) is 0 Å². The predicted octanol–water partition coefficient (Wildman–Crippen LogP) is 3.44. The molecule has 0 aliphatic carbocycles. The molecule has 1 atom stereocenters. The minimum Gasteiger partial charge on any atom is -0.359 e. The number of aromatic nitrogens is 1. The Balaban J connectivity index is 1.83. The lowest BCUT2D eigenvalue weighted by molar-refractivity contribution is 0.192. The highest BCUT2D eigenvalue weighted by molar-refractivity contribution is 5.75. The Morgan fingerprint density at radius 1 is 1.57 bits per heavy atom. The van der Waals surface area contributed by atoms with Crippen LogP contribution in [0.3, 0.4) is 0 Å². The molecule has 5 nitrogen and oxygen atoms in total. The highest BCUT2D eigenvalue weighted by Crippen LogP contribution is 2.17. The molecule has 1 aliphatic heterocycles. The maximum absolute atomic E-state index is 12.2. The van der Waals surface area contributed by atoms with Crippen LogP contribution in [0.4, 0.5) is 4.79 Å². The number of nitrogens with zero attached hydrogens (tertiary/aromatic N) is 2. The highest BCUT2D eigenvalue weighted by Gasteiger charge is 2.24. The Morgan fingerprint density at radius 2 is 2.38 bits per heavy atom. The van der Waals surface area contributed by atoms with Gasteiger partial charge in [0.25, 0.3) is 0 Å². The van der Waals surface area contributed by atoms with Crippen molar-refractivity contribution in [2.75, 3.05) is 6.54 Å². The van der Waals surface area contributed by atoms with E-state index < -0.39 is 0 Å². The smallest absolute Gasteiger partial charge is 0.318 e. The number of carbonyl (C=O) groups is 1. The van der Waals surface area contributed by atoms with Crippen LogP contribution in [0.15, 0.2) is 22.7 Å². The van der Waals surface area contributed by atoms with Crippen LogP contribution in [0.5, 0.6) is 0 Å². The molecule has 0 saturated heterocycles. The summed E-state index contributed by atoms with van der Waals surface area (Å²) in [6.07, 6.45) is 7.50.